The second-order valence-electron chi connectivity index (χ2n) is 4.34. The van der Waals surface area contributed by atoms with Crippen LogP contribution in [0.2, 0.25) is 0 Å². The second-order valence-corrected chi connectivity index (χ2v) is 4.34. The van der Waals surface area contributed by atoms with Crippen LogP contribution in [0.3, 0.4) is 0 Å². The van der Waals surface area contributed by atoms with E-state index in [0.29, 0.717) is 6.04 Å². The molecule has 2 aromatic rings. The van der Waals surface area contributed by atoms with Gasteiger partial charge in [0.1, 0.15) is 11.6 Å². The van der Waals surface area contributed by atoms with Gasteiger partial charge in [-0.25, -0.2) is 9.97 Å². The molecule has 3 rings (SSSR count). The predicted octanol–water partition coefficient (Wildman–Crippen LogP) is 1.43. The zero-order valence-corrected chi connectivity index (χ0v) is 9.82. The Bertz CT molecular complexity index is 493. The van der Waals surface area contributed by atoms with Crippen molar-refractivity contribution < 1.29 is 0 Å². The topological polar surface area (TPSA) is 46.8 Å². The molecular formula is C12H15N5. The molecule has 1 fully saturated rings. The number of hydrogen-bond donors (Lipinski definition) is 0. The average Bonchev–Trinajstić information content (AvgIpc) is 3.00. The molecule has 0 amide bonds. The van der Waals surface area contributed by atoms with Crippen LogP contribution in [0.25, 0.3) is 0 Å². The zero-order chi connectivity index (χ0) is 11.7. The maximum absolute atomic E-state index is 4.46. The molecule has 0 saturated carbocycles. The van der Waals surface area contributed by atoms with Gasteiger partial charge < -0.3 is 4.90 Å². The highest BCUT2D eigenvalue weighted by atomic mass is 15.3. The largest absolute Gasteiger partial charge is 0.354 e. The summed E-state index contributed by atoms with van der Waals surface area (Å²) in [6, 6.07) is 4.40. The molecule has 3 heterocycles. The van der Waals surface area contributed by atoms with Crippen LogP contribution in [0.4, 0.5) is 5.82 Å². The van der Waals surface area contributed by atoms with Crippen molar-refractivity contribution in [1.29, 1.82) is 0 Å². The second kappa shape index (κ2) is 4.16. The molecule has 0 bridgehead atoms. The summed E-state index contributed by atoms with van der Waals surface area (Å²) < 4.78 is 2.04. The van der Waals surface area contributed by atoms with E-state index < -0.39 is 0 Å². The Balaban J connectivity index is 1.76. The molecule has 88 valence electrons. The van der Waals surface area contributed by atoms with Gasteiger partial charge in [0.2, 0.25) is 0 Å². The van der Waals surface area contributed by atoms with Crippen LogP contribution in [0.5, 0.6) is 0 Å². The minimum atomic E-state index is 0.459. The van der Waals surface area contributed by atoms with Gasteiger partial charge in [-0.1, -0.05) is 0 Å². The van der Waals surface area contributed by atoms with Crippen molar-refractivity contribution in [3.8, 4) is 0 Å². The highest BCUT2D eigenvalue weighted by Crippen LogP contribution is 2.24. The third-order valence-electron chi connectivity index (χ3n) is 3.15. The van der Waals surface area contributed by atoms with Crippen molar-refractivity contribution >= 4 is 5.82 Å². The summed E-state index contributed by atoms with van der Waals surface area (Å²) in [6.07, 6.45) is 6.79. The van der Waals surface area contributed by atoms with Crippen molar-refractivity contribution in [2.24, 2.45) is 0 Å². The fourth-order valence-corrected chi connectivity index (χ4v) is 2.28. The van der Waals surface area contributed by atoms with Gasteiger partial charge in [0.15, 0.2) is 0 Å². The van der Waals surface area contributed by atoms with E-state index in [9.17, 15) is 0 Å². The number of aryl methyl sites for hydroxylation is 1. The van der Waals surface area contributed by atoms with Crippen molar-refractivity contribution in [3.05, 3.63) is 36.5 Å². The van der Waals surface area contributed by atoms with Gasteiger partial charge in [-0.2, -0.15) is 5.10 Å². The summed E-state index contributed by atoms with van der Waals surface area (Å²) in [5.74, 6) is 1.84. The van der Waals surface area contributed by atoms with Crippen molar-refractivity contribution in [2.45, 2.75) is 19.4 Å². The van der Waals surface area contributed by atoms with Crippen molar-refractivity contribution in [3.63, 3.8) is 0 Å². The number of hydrogen-bond acceptors (Lipinski definition) is 4. The van der Waals surface area contributed by atoms with Crippen LogP contribution in [-0.4, -0.2) is 32.8 Å². The van der Waals surface area contributed by atoms with Crippen molar-refractivity contribution in [2.75, 3.05) is 18.0 Å². The van der Waals surface area contributed by atoms with E-state index in [-0.39, 0.29) is 0 Å². The van der Waals surface area contributed by atoms with Crippen LogP contribution in [0, 0.1) is 6.92 Å². The van der Waals surface area contributed by atoms with E-state index in [2.05, 4.69) is 20.0 Å². The number of rotatable bonds is 2. The van der Waals surface area contributed by atoms with E-state index >= 15 is 0 Å². The fraction of sp³-hybridized carbons (Fsp3) is 0.417. The first-order valence-electron chi connectivity index (χ1n) is 5.86. The average molecular weight is 229 g/mol. The number of aromatic nitrogens is 4. The molecule has 0 radical (unpaired) electrons. The SMILES string of the molecule is Cc1nccc(N2CCC(n3cccn3)C2)n1. The Labute approximate surface area is 100 Å². The van der Waals surface area contributed by atoms with E-state index in [1.807, 2.05) is 42.3 Å². The number of nitrogens with zero attached hydrogens (tertiary/aromatic N) is 5. The van der Waals surface area contributed by atoms with Crippen LogP contribution < -0.4 is 4.90 Å². The molecule has 1 aliphatic heterocycles. The zero-order valence-electron chi connectivity index (χ0n) is 9.82. The third-order valence-corrected chi connectivity index (χ3v) is 3.15. The Morgan fingerprint density at radius 2 is 2.29 bits per heavy atom. The smallest absolute Gasteiger partial charge is 0.132 e. The van der Waals surface area contributed by atoms with Gasteiger partial charge in [-0.05, 0) is 25.5 Å². The van der Waals surface area contributed by atoms with Gasteiger partial charge in [0.25, 0.3) is 0 Å². The Kier molecular flexibility index (Phi) is 2.51. The molecule has 0 spiro atoms. The van der Waals surface area contributed by atoms with Gasteiger partial charge >= 0.3 is 0 Å². The molecule has 1 unspecified atom stereocenters. The molecule has 0 N–H and O–H groups in total. The van der Waals surface area contributed by atoms with Gasteiger partial charge in [-0.15, -0.1) is 0 Å². The molecule has 1 aliphatic rings. The maximum atomic E-state index is 4.46. The van der Waals surface area contributed by atoms with E-state index in [1.54, 1.807) is 0 Å². The highest BCUT2D eigenvalue weighted by Gasteiger charge is 2.24. The minimum Gasteiger partial charge on any atom is -0.354 e. The highest BCUT2D eigenvalue weighted by molar-refractivity contribution is 5.38. The van der Waals surface area contributed by atoms with E-state index in [4.69, 9.17) is 0 Å². The first-order chi connectivity index (χ1) is 8.33. The van der Waals surface area contributed by atoms with Gasteiger partial charge in [0.05, 0.1) is 6.04 Å². The summed E-state index contributed by atoms with van der Waals surface area (Å²) >= 11 is 0. The summed E-state index contributed by atoms with van der Waals surface area (Å²) in [5, 5.41) is 4.30. The molecular weight excluding hydrogens is 214 g/mol. The monoisotopic (exact) mass is 229 g/mol. The lowest BCUT2D eigenvalue weighted by Gasteiger charge is -2.17. The maximum Gasteiger partial charge on any atom is 0.132 e. The standard InChI is InChI=1S/C12H15N5/c1-10-13-6-3-12(15-10)16-8-4-11(9-16)17-7-2-5-14-17/h2-3,5-7,11H,4,8-9H2,1H3. The molecule has 2 aromatic heterocycles. The number of anilines is 1. The summed E-state index contributed by atoms with van der Waals surface area (Å²) in [5.41, 5.74) is 0. The van der Waals surface area contributed by atoms with Crippen LogP contribution >= 0.6 is 0 Å². The predicted molar refractivity (Wildman–Crippen MR) is 64.9 cm³/mol. The molecule has 5 heteroatoms. The van der Waals surface area contributed by atoms with Gasteiger partial charge in [0, 0.05) is 31.7 Å². The molecule has 0 aliphatic carbocycles. The third kappa shape index (κ3) is 2.00. The first-order valence-corrected chi connectivity index (χ1v) is 5.86. The summed E-state index contributed by atoms with van der Waals surface area (Å²) in [4.78, 5) is 10.9. The molecule has 5 nitrogen and oxygen atoms in total. The normalized spacial score (nSPS) is 19.8. The van der Waals surface area contributed by atoms with E-state index in [0.717, 1.165) is 31.2 Å². The fourth-order valence-electron chi connectivity index (χ4n) is 2.28. The lowest BCUT2D eigenvalue weighted by atomic mass is 10.3. The molecule has 0 aromatic carbocycles. The summed E-state index contributed by atoms with van der Waals surface area (Å²) in [6.45, 7) is 3.92. The Morgan fingerprint density at radius 1 is 1.35 bits per heavy atom. The van der Waals surface area contributed by atoms with Crippen LogP contribution in [0.1, 0.15) is 18.3 Å². The van der Waals surface area contributed by atoms with Crippen molar-refractivity contribution in [1.82, 2.24) is 19.7 Å². The van der Waals surface area contributed by atoms with Crippen LogP contribution in [-0.2, 0) is 0 Å². The Morgan fingerprint density at radius 3 is 3.06 bits per heavy atom. The lowest BCUT2D eigenvalue weighted by Crippen LogP contribution is -2.22. The molecule has 17 heavy (non-hydrogen) atoms. The first kappa shape index (κ1) is 10.3. The summed E-state index contributed by atoms with van der Waals surface area (Å²) in [7, 11) is 0. The molecule has 1 saturated heterocycles. The lowest BCUT2D eigenvalue weighted by molar-refractivity contribution is 0.494. The minimum absolute atomic E-state index is 0.459. The Hall–Kier alpha value is -1.91. The molecule has 1 atom stereocenters. The van der Waals surface area contributed by atoms with Crippen LogP contribution in [0.15, 0.2) is 30.7 Å². The van der Waals surface area contributed by atoms with Gasteiger partial charge in [-0.3, -0.25) is 4.68 Å². The quantitative estimate of drug-likeness (QED) is 0.781. The van der Waals surface area contributed by atoms with E-state index in [1.165, 1.54) is 0 Å².